The number of likely N-dealkylation sites (tertiary alicyclic amines) is 1. The number of carbonyl (C=O) groups excluding carboxylic acids is 3. The Hall–Kier alpha value is -1.70. The molecular weight excluding hydrogens is 379 g/mol. The van der Waals surface area contributed by atoms with Crippen LogP contribution in [-0.2, 0) is 19.5 Å². The number of nitrogens with zero attached hydrogens (tertiary/aromatic N) is 2. The van der Waals surface area contributed by atoms with Crippen molar-refractivity contribution in [2.45, 2.75) is 18.5 Å². The van der Waals surface area contributed by atoms with Gasteiger partial charge in [0.25, 0.3) is 5.91 Å². The Kier molecular flexibility index (Phi) is 5.95. The fraction of sp³-hybridized carbons (Fsp3) is 0.308. The van der Waals surface area contributed by atoms with Crippen molar-refractivity contribution in [1.29, 1.82) is 0 Å². The van der Waals surface area contributed by atoms with Crippen LogP contribution in [0.2, 0.25) is 0 Å². The monoisotopic (exact) mass is 392 g/mol. The van der Waals surface area contributed by atoms with Crippen LogP contribution in [0, 0.1) is 0 Å². The van der Waals surface area contributed by atoms with Crippen molar-refractivity contribution in [2.75, 3.05) is 11.9 Å². The Bertz CT molecular complexity index is 845. The largest absolute Gasteiger partial charge is 1.00 e. The first-order chi connectivity index (χ1) is 11.7. The minimum absolute atomic E-state index is 0. The molecule has 0 bridgehead atoms. The second kappa shape index (κ2) is 7.50. The van der Waals surface area contributed by atoms with E-state index in [4.69, 9.17) is 5.73 Å². The predicted octanol–water partition coefficient (Wildman–Crippen LogP) is -4.00. The van der Waals surface area contributed by atoms with Gasteiger partial charge in [-0.3, -0.25) is 9.59 Å². The second-order valence-corrected chi connectivity index (χ2v) is 6.48. The molecule has 26 heavy (non-hydrogen) atoms. The molecule has 13 heteroatoms. The molecule has 0 aliphatic carbocycles. The van der Waals surface area contributed by atoms with Gasteiger partial charge in [-0.2, -0.15) is 9.35 Å². The van der Waals surface area contributed by atoms with Crippen LogP contribution in [0.25, 0.3) is 0 Å². The first-order valence-electron chi connectivity index (χ1n) is 7.13. The number of β-lactam (4-membered cyclic amide) rings is 1. The quantitative estimate of drug-likeness (QED) is 0.228. The van der Waals surface area contributed by atoms with Crippen molar-refractivity contribution in [2.24, 2.45) is 5.73 Å². The molecule has 2 atom stereocenters. The van der Waals surface area contributed by atoms with E-state index in [0.29, 0.717) is 10.8 Å². The van der Waals surface area contributed by atoms with Crippen LogP contribution in [0.5, 0.6) is 0 Å². The fourth-order valence-electron chi connectivity index (χ4n) is 2.86. The van der Waals surface area contributed by atoms with Crippen molar-refractivity contribution >= 4 is 33.9 Å². The molecule has 1 aromatic carbocycles. The minimum Gasteiger partial charge on any atom is -0.724 e. The van der Waals surface area contributed by atoms with E-state index in [0.717, 1.165) is 0 Å². The summed E-state index contributed by atoms with van der Waals surface area (Å²) in [7, 11) is -5.05. The maximum absolute atomic E-state index is 12.3. The first-order valence-corrected chi connectivity index (χ1v) is 8.47. The number of anilines is 1. The van der Waals surface area contributed by atoms with Crippen LogP contribution in [0.15, 0.2) is 24.3 Å². The van der Waals surface area contributed by atoms with Crippen LogP contribution in [0.4, 0.5) is 10.5 Å². The molecule has 134 valence electrons. The van der Waals surface area contributed by atoms with E-state index in [1.807, 2.05) is 0 Å². The molecule has 2 fully saturated rings. The van der Waals surface area contributed by atoms with Gasteiger partial charge in [0.1, 0.15) is 6.04 Å². The Balaban J connectivity index is 0.00000243. The summed E-state index contributed by atoms with van der Waals surface area (Å²) in [6.45, 7) is 0.186. The van der Waals surface area contributed by atoms with Crippen molar-refractivity contribution in [3.8, 4) is 0 Å². The minimum atomic E-state index is -5.05. The molecule has 0 spiro atoms. The smallest absolute Gasteiger partial charge is 0.724 e. The van der Waals surface area contributed by atoms with E-state index in [1.165, 1.54) is 29.2 Å². The normalized spacial score (nSPS) is 21.5. The molecule has 2 aliphatic rings. The number of primary amides is 1. The number of urea groups is 1. The molecular formula is C13H13N4NaO7S. The average molecular weight is 392 g/mol. The van der Waals surface area contributed by atoms with Gasteiger partial charge in [0.15, 0.2) is 0 Å². The van der Waals surface area contributed by atoms with E-state index in [-0.39, 0.29) is 48.1 Å². The number of carbonyl (C=O) groups is 3. The molecule has 0 saturated carbocycles. The molecule has 0 radical (unpaired) electrons. The number of benzene rings is 1. The van der Waals surface area contributed by atoms with E-state index >= 15 is 0 Å². The molecule has 1 aromatic rings. The van der Waals surface area contributed by atoms with E-state index < -0.39 is 40.3 Å². The second-order valence-electron chi connectivity index (χ2n) is 5.51. The zero-order valence-electron chi connectivity index (χ0n) is 13.6. The number of hydrogen-bond donors (Lipinski definition) is 2. The van der Waals surface area contributed by atoms with Gasteiger partial charge in [-0.25, -0.2) is 13.2 Å². The van der Waals surface area contributed by atoms with Gasteiger partial charge < -0.3 is 20.5 Å². The van der Waals surface area contributed by atoms with Crippen molar-refractivity contribution < 1.29 is 61.2 Å². The Labute approximate surface area is 170 Å². The van der Waals surface area contributed by atoms with Crippen molar-refractivity contribution in [1.82, 2.24) is 9.96 Å². The fourth-order valence-corrected chi connectivity index (χ4v) is 3.24. The first kappa shape index (κ1) is 20.6. The number of hydrogen-bond acceptors (Lipinski definition) is 7. The third-order valence-electron chi connectivity index (χ3n) is 3.99. The van der Waals surface area contributed by atoms with Gasteiger partial charge in [-0.15, -0.1) is 0 Å². The average Bonchev–Trinajstić information content (AvgIpc) is 2.93. The van der Waals surface area contributed by atoms with Gasteiger partial charge in [-0.05, 0) is 30.7 Å². The zero-order valence-corrected chi connectivity index (χ0v) is 16.4. The third kappa shape index (κ3) is 4.00. The zero-order chi connectivity index (χ0) is 18.4. The number of rotatable bonds is 4. The number of hydroxylamine groups is 2. The topological polar surface area (TPSA) is 162 Å². The summed E-state index contributed by atoms with van der Waals surface area (Å²) in [5.74, 6) is -1.38. The molecule has 2 aliphatic heterocycles. The SMILES string of the molecule is NC(=O)c1ccc(NC(=O)N2CC[C@@H]3[C@H]2C(=O)N3OS(=O)(=O)[O-])cc1.[Na+]. The standard InChI is InChI=1S/C13H14N4O7S.Na/c14-11(18)7-1-3-8(4-2-7)15-13(20)16-6-5-9-10(16)12(19)17(9)24-25(21,22)23;/h1-4,9-10H,5-6H2,(H2,14,18)(H,15,20)(H,21,22,23);/q;+1/p-1/t9-,10+;/m1./s1. The number of nitrogens with one attached hydrogen (secondary N) is 1. The van der Waals surface area contributed by atoms with Gasteiger partial charge >= 0.3 is 35.6 Å². The molecule has 2 saturated heterocycles. The van der Waals surface area contributed by atoms with Crippen molar-refractivity contribution in [3.05, 3.63) is 29.8 Å². The van der Waals surface area contributed by atoms with E-state index in [2.05, 4.69) is 9.60 Å². The number of amides is 4. The summed E-state index contributed by atoms with van der Waals surface area (Å²) in [6.07, 6.45) is 0.278. The van der Waals surface area contributed by atoms with E-state index in [9.17, 15) is 27.4 Å². The van der Waals surface area contributed by atoms with Crippen molar-refractivity contribution in [3.63, 3.8) is 0 Å². The molecule has 0 aromatic heterocycles. The summed E-state index contributed by atoms with van der Waals surface area (Å²) in [5, 5.41) is 3.05. The van der Waals surface area contributed by atoms with Gasteiger partial charge in [0, 0.05) is 17.8 Å². The summed E-state index contributed by atoms with van der Waals surface area (Å²) in [4.78, 5) is 36.5. The maximum atomic E-state index is 12.3. The number of nitrogens with two attached hydrogens (primary N) is 1. The Morgan fingerprint density at radius 3 is 2.42 bits per heavy atom. The number of fused-ring (bicyclic) bond motifs is 1. The Morgan fingerprint density at radius 1 is 1.27 bits per heavy atom. The van der Waals surface area contributed by atoms with E-state index in [1.54, 1.807) is 0 Å². The summed E-state index contributed by atoms with van der Waals surface area (Å²) >= 11 is 0. The summed E-state index contributed by atoms with van der Waals surface area (Å²) in [6, 6.07) is 3.70. The van der Waals surface area contributed by atoms with Crippen LogP contribution < -0.4 is 40.6 Å². The molecule has 11 nitrogen and oxygen atoms in total. The molecule has 4 amide bonds. The summed E-state index contributed by atoms with van der Waals surface area (Å²) in [5.41, 5.74) is 5.79. The van der Waals surface area contributed by atoms with Crippen LogP contribution in [0.1, 0.15) is 16.8 Å². The van der Waals surface area contributed by atoms with Crippen LogP contribution in [0.3, 0.4) is 0 Å². The summed E-state index contributed by atoms with van der Waals surface area (Å²) < 4.78 is 35.9. The van der Waals surface area contributed by atoms with Gasteiger partial charge in [0.2, 0.25) is 16.3 Å². The predicted molar refractivity (Wildman–Crippen MR) is 80.5 cm³/mol. The molecule has 0 unspecified atom stereocenters. The van der Waals surface area contributed by atoms with Gasteiger partial charge in [0.05, 0.1) is 6.04 Å². The maximum Gasteiger partial charge on any atom is 1.00 e. The van der Waals surface area contributed by atoms with Crippen LogP contribution >= 0.6 is 0 Å². The third-order valence-corrected chi connectivity index (χ3v) is 4.33. The Morgan fingerprint density at radius 2 is 1.88 bits per heavy atom. The molecule has 3 N–H and O–H groups in total. The molecule has 3 rings (SSSR count). The van der Waals surface area contributed by atoms with Gasteiger partial charge in [-0.1, -0.05) is 0 Å². The molecule has 2 heterocycles. The van der Waals surface area contributed by atoms with Crippen LogP contribution in [-0.4, -0.2) is 59.4 Å².